The van der Waals surface area contributed by atoms with Crippen molar-refractivity contribution in [2.45, 2.75) is 38.3 Å². The summed E-state index contributed by atoms with van der Waals surface area (Å²) in [7, 11) is 0. The highest BCUT2D eigenvalue weighted by atomic mass is 35.5. The molecule has 0 aliphatic carbocycles. The molecule has 19 heavy (non-hydrogen) atoms. The van der Waals surface area contributed by atoms with Crippen LogP contribution in [0.25, 0.3) is 0 Å². The molecule has 0 radical (unpaired) electrons. The van der Waals surface area contributed by atoms with Gasteiger partial charge in [-0.15, -0.1) is 0 Å². The highest BCUT2D eigenvalue weighted by Crippen LogP contribution is 2.30. The van der Waals surface area contributed by atoms with Crippen molar-refractivity contribution in [2.24, 2.45) is 5.92 Å². The Hall–Kier alpha value is -0.570. The fraction of sp³-hybridized carbons (Fsp3) is 0.625. The van der Waals surface area contributed by atoms with Gasteiger partial charge in [-0.3, -0.25) is 0 Å². The smallest absolute Gasteiger partial charge is 0.0406 e. The second-order valence-corrected chi connectivity index (χ2v) is 6.36. The van der Waals surface area contributed by atoms with E-state index in [2.05, 4.69) is 29.3 Å². The fourth-order valence-corrected chi connectivity index (χ4v) is 3.68. The third-order valence-electron chi connectivity index (χ3n) is 4.75. The lowest BCUT2D eigenvalue weighted by molar-refractivity contribution is 0.0666. The Morgan fingerprint density at radius 1 is 1.26 bits per heavy atom. The predicted octanol–water partition coefficient (Wildman–Crippen LogP) is 3.47. The molecule has 0 saturated carbocycles. The topological polar surface area (TPSA) is 15.3 Å². The first-order valence-corrected chi connectivity index (χ1v) is 7.88. The quantitative estimate of drug-likeness (QED) is 0.907. The summed E-state index contributed by atoms with van der Waals surface area (Å²) in [6, 6.07) is 9.44. The maximum atomic E-state index is 5.98. The van der Waals surface area contributed by atoms with Crippen LogP contribution in [0.3, 0.4) is 0 Å². The number of hydrogen-bond acceptors (Lipinski definition) is 2. The number of halogens is 1. The van der Waals surface area contributed by atoms with E-state index in [1.165, 1.54) is 38.0 Å². The van der Waals surface area contributed by atoms with Crippen molar-refractivity contribution in [2.75, 3.05) is 19.6 Å². The minimum atomic E-state index is 0.461. The molecule has 3 aliphatic heterocycles. The highest BCUT2D eigenvalue weighted by Gasteiger charge is 2.34. The van der Waals surface area contributed by atoms with E-state index in [1.54, 1.807) is 0 Å². The fourth-order valence-electron chi connectivity index (χ4n) is 3.56. The summed E-state index contributed by atoms with van der Waals surface area (Å²) in [4.78, 5) is 2.60. The first-order chi connectivity index (χ1) is 9.26. The van der Waals surface area contributed by atoms with Crippen molar-refractivity contribution in [1.82, 2.24) is 10.2 Å². The van der Waals surface area contributed by atoms with Crippen LogP contribution in [0.4, 0.5) is 0 Å². The van der Waals surface area contributed by atoms with Gasteiger partial charge in [0.25, 0.3) is 0 Å². The van der Waals surface area contributed by atoms with Crippen molar-refractivity contribution in [1.29, 1.82) is 0 Å². The van der Waals surface area contributed by atoms with E-state index in [4.69, 9.17) is 11.6 Å². The standard InChI is InChI=1S/C16H23ClN2/c1-2-15(12-3-5-14(17)6-4-12)18-16-11-19-9-7-13(16)8-10-19/h3-6,13,15-16,18H,2,7-11H2,1H3. The van der Waals surface area contributed by atoms with Gasteiger partial charge in [-0.1, -0.05) is 30.7 Å². The van der Waals surface area contributed by atoms with Crippen LogP contribution < -0.4 is 5.32 Å². The molecule has 4 rings (SSSR count). The molecule has 1 N–H and O–H groups in total. The summed E-state index contributed by atoms with van der Waals surface area (Å²) < 4.78 is 0. The van der Waals surface area contributed by atoms with Gasteiger partial charge in [0.1, 0.15) is 0 Å². The molecule has 0 amide bonds. The Bertz CT molecular complexity index is 409. The Morgan fingerprint density at radius 3 is 2.47 bits per heavy atom. The average molecular weight is 279 g/mol. The zero-order valence-electron chi connectivity index (χ0n) is 11.6. The maximum absolute atomic E-state index is 5.98. The van der Waals surface area contributed by atoms with Gasteiger partial charge < -0.3 is 10.2 Å². The Morgan fingerprint density at radius 2 is 1.95 bits per heavy atom. The molecule has 2 unspecified atom stereocenters. The van der Waals surface area contributed by atoms with Gasteiger partial charge >= 0.3 is 0 Å². The summed E-state index contributed by atoms with van der Waals surface area (Å²) in [5, 5.41) is 4.71. The molecule has 2 nitrogen and oxygen atoms in total. The molecule has 3 heterocycles. The SMILES string of the molecule is CCC(NC1CN2CCC1CC2)c1ccc(Cl)cc1. The summed E-state index contributed by atoms with van der Waals surface area (Å²) in [6.07, 6.45) is 3.87. The van der Waals surface area contributed by atoms with Gasteiger partial charge in [-0.2, -0.15) is 0 Å². The molecular weight excluding hydrogens is 256 g/mol. The number of nitrogens with one attached hydrogen (secondary N) is 1. The average Bonchev–Trinajstić information content (AvgIpc) is 2.47. The summed E-state index contributed by atoms with van der Waals surface area (Å²) >= 11 is 5.98. The molecule has 3 aliphatic rings. The van der Waals surface area contributed by atoms with Crippen LogP contribution in [0, 0.1) is 5.92 Å². The lowest BCUT2D eigenvalue weighted by atomic mass is 9.83. The molecule has 3 fully saturated rings. The monoisotopic (exact) mass is 278 g/mol. The summed E-state index contributed by atoms with van der Waals surface area (Å²) in [6.45, 7) is 6.10. The Balaban J connectivity index is 1.68. The number of piperidine rings is 3. The second kappa shape index (κ2) is 5.82. The van der Waals surface area contributed by atoms with Gasteiger partial charge in [0.05, 0.1) is 0 Å². The molecule has 1 aromatic carbocycles. The number of hydrogen-bond donors (Lipinski definition) is 1. The maximum Gasteiger partial charge on any atom is 0.0406 e. The van der Waals surface area contributed by atoms with Crippen molar-refractivity contribution in [3.05, 3.63) is 34.9 Å². The van der Waals surface area contributed by atoms with Crippen LogP contribution in [0.15, 0.2) is 24.3 Å². The number of rotatable bonds is 4. The molecule has 104 valence electrons. The minimum Gasteiger partial charge on any atom is -0.306 e. The summed E-state index contributed by atoms with van der Waals surface area (Å²) in [5.74, 6) is 0.881. The van der Waals surface area contributed by atoms with E-state index in [0.29, 0.717) is 12.1 Å². The first kappa shape index (κ1) is 13.4. The first-order valence-electron chi connectivity index (χ1n) is 7.50. The van der Waals surface area contributed by atoms with Crippen LogP contribution >= 0.6 is 11.6 Å². The largest absolute Gasteiger partial charge is 0.306 e. The number of benzene rings is 1. The molecular formula is C16H23ClN2. The van der Waals surface area contributed by atoms with Crippen LogP contribution in [0.2, 0.25) is 5.02 Å². The van der Waals surface area contributed by atoms with Gasteiger partial charge in [0, 0.05) is 23.7 Å². The Kier molecular flexibility index (Phi) is 4.11. The third kappa shape index (κ3) is 2.96. The molecule has 1 aromatic rings. The molecule has 0 aromatic heterocycles. The van der Waals surface area contributed by atoms with E-state index in [-0.39, 0.29) is 0 Å². The van der Waals surface area contributed by atoms with Crippen molar-refractivity contribution in [3.8, 4) is 0 Å². The van der Waals surface area contributed by atoms with Crippen LogP contribution in [0.1, 0.15) is 37.8 Å². The second-order valence-electron chi connectivity index (χ2n) is 5.92. The van der Waals surface area contributed by atoms with Crippen molar-refractivity contribution < 1.29 is 0 Å². The van der Waals surface area contributed by atoms with Crippen LogP contribution in [-0.2, 0) is 0 Å². The number of nitrogens with zero attached hydrogens (tertiary/aromatic N) is 1. The Labute approximate surface area is 121 Å². The van der Waals surface area contributed by atoms with Gasteiger partial charge in [0.2, 0.25) is 0 Å². The molecule has 2 atom stereocenters. The van der Waals surface area contributed by atoms with Crippen molar-refractivity contribution in [3.63, 3.8) is 0 Å². The normalized spacial score (nSPS) is 31.4. The van der Waals surface area contributed by atoms with Gasteiger partial charge in [0.15, 0.2) is 0 Å². The van der Waals surface area contributed by atoms with Crippen molar-refractivity contribution >= 4 is 11.6 Å². The van der Waals surface area contributed by atoms with E-state index >= 15 is 0 Å². The van der Waals surface area contributed by atoms with E-state index < -0.39 is 0 Å². The van der Waals surface area contributed by atoms with Crippen LogP contribution in [-0.4, -0.2) is 30.6 Å². The van der Waals surface area contributed by atoms with E-state index in [1.807, 2.05) is 12.1 Å². The zero-order valence-corrected chi connectivity index (χ0v) is 12.4. The molecule has 2 bridgehead atoms. The predicted molar refractivity (Wildman–Crippen MR) is 80.6 cm³/mol. The lowest BCUT2D eigenvalue weighted by Crippen LogP contribution is -2.56. The van der Waals surface area contributed by atoms with Gasteiger partial charge in [-0.25, -0.2) is 0 Å². The third-order valence-corrected chi connectivity index (χ3v) is 5.00. The number of fused-ring (bicyclic) bond motifs is 3. The lowest BCUT2D eigenvalue weighted by Gasteiger charge is -2.46. The van der Waals surface area contributed by atoms with E-state index in [0.717, 1.165) is 17.4 Å². The summed E-state index contributed by atoms with van der Waals surface area (Å²) in [5.41, 5.74) is 1.36. The van der Waals surface area contributed by atoms with E-state index in [9.17, 15) is 0 Å². The molecule has 3 saturated heterocycles. The zero-order chi connectivity index (χ0) is 13.2. The highest BCUT2D eigenvalue weighted by molar-refractivity contribution is 6.30. The van der Waals surface area contributed by atoms with Crippen LogP contribution in [0.5, 0.6) is 0 Å². The molecule has 3 heteroatoms. The molecule has 0 spiro atoms. The minimum absolute atomic E-state index is 0.461. The van der Waals surface area contributed by atoms with Gasteiger partial charge in [-0.05, 0) is 56.0 Å².